The Balaban J connectivity index is 2.01. The van der Waals surface area contributed by atoms with Crippen molar-refractivity contribution >= 4 is 11.3 Å². The number of hydrogen-bond donors (Lipinski definition) is 1. The van der Waals surface area contributed by atoms with Gasteiger partial charge >= 0.3 is 0 Å². The van der Waals surface area contributed by atoms with Gasteiger partial charge in [-0.3, -0.25) is 4.90 Å². The Morgan fingerprint density at radius 1 is 1.40 bits per heavy atom. The Labute approximate surface area is 127 Å². The molecule has 2 atom stereocenters. The van der Waals surface area contributed by atoms with E-state index in [1.807, 2.05) is 11.3 Å². The Morgan fingerprint density at radius 2 is 2.05 bits per heavy atom. The van der Waals surface area contributed by atoms with Crippen LogP contribution in [0.4, 0.5) is 0 Å². The molecule has 0 saturated carbocycles. The predicted octanol–water partition coefficient (Wildman–Crippen LogP) is 2.72. The van der Waals surface area contributed by atoms with E-state index in [2.05, 4.69) is 49.2 Å². The lowest BCUT2D eigenvalue weighted by molar-refractivity contribution is 0.110. The molecule has 1 aromatic rings. The minimum atomic E-state index is 0.192. The number of aryl methyl sites for hydroxylation is 1. The highest BCUT2D eigenvalue weighted by Gasteiger charge is 2.30. The maximum Gasteiger partial charge on any atom is 0.0593 e. The van der Waals surface area contributed by atoms with Crippen LogP contribution in [0.2, 0.25) is 0 Å². The van der Waals surface area contributed by atoms with E-state index in [9.17, 15) is 0 Å². The third kappa shape index (κ3) is 3.82. The molecule has 1 fully saturated rings. The Hall–Kier alpha value is -0.420. The second kappa shape index (κ2) is 7.03. The molecule has 1 aliphatic heterocycles. The molecule has 0 aliphatic carbocycles. The normalized spacial score (nSPS) is 21.3. The average Bonchev–Trinajstić information content (AvgIpc) is 2.77. The first kappa shape index (κ1) is 16.0. The Bertz CT molecular complexity index is 406. The van der Waals surface area contributed by atoms with Gasteiger partial charge in [-0.15, -0.1) is 11.3 Å². The third-order valence-electron chi connectivity index (χ3n) is 4.33. The molecule has 2 unspecified atom stereocenters. The van der Waals surface area contributed by atoms with Gasteiger partial charge < -0.3 is 10.6 Å². The summed E-state index contributed by atoms with van der Waals surface area (Å²) in [6.07, 6.45) is 2.59. The zero-order valence-electron chi connectivity index (χ0n) is 13.3. The Morgan fingerprint density at radius 3 is 2.50 bits per heavy atom. The maximum absolute atomic E-state index is 6.30. The summed E-state index contributed by atoms with van der Waals surface area (Å²) in [6, 6.07) is 2.81. The van der Waals surface area contributed by atoms with Crippen LogP contribution in [0.1, 0.15) is 36.2 Å². The molecule has 0 bridgehead atoms. The van der Waals surface area contributed by atoms with Gasteiger partial charge in [0.15, 0.2) is 0 Å². The summed E-state index contributed by atoms with van der Waals surface area (Å²) < 4.78 is 0. The van der Waals surface area contributed by atoms with Gasteiger partial charge in [0.25, 0.3) is 0 Å². The summed E-state index contributed by atoms with van der Waals surface area (Å²) in [7, 11) is 4.35. The lowest BCUT2D eigenvalue weighted by Crippen LogP contribution is -2.44. The number of nitrogens with two attached hydrogens (primary N) is 1. The van der Waals surface area contributed by atoms with Crippen LogP contribution in [0, 0.1) is 12.8 Å². The number of rotatable bonds is 5. The molecule has 0 spiro atoms. The molecule has 114 valence electrons. The number of piperidine rings is 1. The molecular weight excluding hydrogens is 266 g/mol. The molecule has 3 nitrogen and oxygen atoms in total. The van der Waals surface area contributed by atoms with E-state index in [-0.39, 0.29) is 6.04 Å². The smallest absolute Gasteiger partial charge is 0.0593 e. The van der Waals surface area contributed by atoms with Crippen molar-refractivity contribution in [3.05, 3.63) is 21.9 Å². The second-order valence-corrected chi connectivity index (χ2v) is 7.46. The van der Waals surface area contributed by atoms with Crippen molar-refractivity contribution in [2.75, 3.05) is 33.7 Å². The third-order valence-corrected chi connectivity index (χ3v) is 5.42. The highest BCUT2D eigenvalue weighted by atomic mass is 32.1. The molecule has 2 heterocycles. The molecule has 0 aromatic carbocycles. The van der Waals surface area contributed by atoms with Gasteiger partial charge in [0, 0.05) is 17.5 Å². The number of thiophene rings is 1. The van der Waals surface area contributed by atoms with Crippen molar-refractivity contribution in [3.63, 3.8) is 0 Å². The van der Waals surface area contributed by atoms with Gasteiger partial charge in [0.1, 0.15) is 0 Å². The summed E-state index contributed by atoms with van der Waals surface area (Å²) in [5, 5.41) is 2.19. The first-order chi connectivity index (χ1) is 9.49. The minimum Gasteiger partial charge on any atom is -0.326 e. The van der Waals surface area contributed by atoms with Crippen molar-refractivity contribution in [1.82, 2.24) is 9.80 Å². The molecule has 4 heteroatoms. The fourth-order valence-corrected chi connectivity index (χ4v) is 4.53. The summed E-state index contributed by atoms with van der Waals surface area (Å²) in [4.78, 5) is 6.38. The summed E-state index contributed by atoms with van der Waals surface area (Å²) in [5.41, 5.74) is 7.70. The summed E-state index contributed by atoms with van der Waals surface area (Å²) >= 11 is 1.86. The van der Waals surface area contributed by atoms with Gasteiger partial charge in [-0.05, 0) is 76.8 Å². The standard InChI is InChI=1S/C16H29N3S/c1-12-7-10-20-16(12)15(13(2)17)19-8-5-14(6-9-19)11-18(3)4/h7,10,13-15H,5-6,8-9,11,17H2,1-4H3. The van der Waals surface area contributed by atoms with Crippen molar-refractivity contribution in [2.24, 2.45) is 11.7 Å². The van der Waals surface area contributed by atoms with Gasteiger partial charge in [-0.1, -0.05) is 0 Å². The van der Waals surface area contributed by atoms with Crippen molar-refractivity contribution in [1.29, 1.82) is 0 Å². The van der Waals surface area contributed by atoms with Crippen LogP contribution >= 0.6 is 11.3 Å². The summed E-state index contributed by atoms with van der Waals surface area (Å²) in [6.45, 7) is 7.94. The number of nitrogens with zero attached hydrogens (tertiary/aromatic N) is 2. The van der Waals surface area contributed by atoms with Crippen LogP contribution in [0.3, 0.4) is 0 Å². The van der Waals surface area contributed by atoms with Crippen molar-refractivity contribution < 1.29 is 0 Å². The van der Waals surface area contributed by atoms with E-state index >= 15 is 0 Å². The number of likely N-dealkylation sites (tertiary alicyclic amines) is 1. The quantitative estimate of drug-likeness (QED) is 0.906. The van der Waals surface area contributed by atoms with Gasteiger partial charge in [-0.2, -0.15) is 0 Å². The molecular formula is C16H29N3S. The molecule has 2 rings (SSSR count). The minimum absolute atomic E-state index is 0.192. The van der Waals surface area contributed by atoms with Gasteiger partial charge in [0.05, 0.1) is 6.04 Å². The number of hydrogen-bond acceptors (Lipinski definition) is 4. The predicted molar refractivity (Wildman–Crippen MR) is 88.3 cm³/mol. The van der Waals surface area contributed by atoms with Crippen molar-refractivity contribution in [3.8, 4) is 0 Å². The molecule has 1 aliphatic rings. The van der Waals surface area contributed by atoms with Crippen LogP contribution in [-0.2, 0) is 0 Å². The highest BCUT2D eigenvalue weighted by Crippen LogP contribution is 2.33. The first-order valence-electron chi connectivity index (χ1n) is 7.67. The Kier molecular flexibility index (Phi) is 5.61. The van der Waals surface area contributed by atoms with E-state index in [0.717, 1.165) is 5.92 Å². The van der Waals surface area contributed by atoms with E-state index in [1.54, 1.807) is 0 Å². The van der Waals surface area contributed by atoms with Crippen LogP contribution in [0.25, 0.3) is 0 Å². The van der Waals surface area contributed by atoms with Crippen molar-refractivity contribution in [2.45, 2.75) is 38.8 Å². The van der Waals surface area contributed by atoms with E-state index in [0.29, 0.717) is 6.04 Å². The van der Waals surface area contributed by atoms with E-state index in [4.69, 9.17) is 5.73 Å². The van der Waals surface area contributed by atoms with Crippen LogP contribution < -0.4 is 5.73 Å². The highest BCUT2D eigenvalue weighted by molar-refractivity contribution is 7.10. The zero-order valence-corrected chi connectivity index (χ0v) is 14.1. The molecule has 0 radical (unpaired) electrons. The van der Waals surface area contributed by atoms with E-state index in [1.165, 1.54) is 42.9 Å². The average molecular weight is 295 g/mol. The molecule has 2 N–H and O–H groups in total. The lowest BCUT2D eigenvalue weighted by Gasteiger charge is -2.39. The fraction of sp³-hybridized carbons (Fsp3) is 0.750. The van der Waals surface area contributed by atoms with Gasteiger partial charge in [0.2, 0.25) is 0 Å². The van der Waals surface area contributed by atoms with Crippen LogP contribution in [-0.4, -0.2) is 49.6 Å². The maximum atomic E-state index is 6.30. The molecule has 1 saturated heterocycles. The first-order valence-corrected chi connectivity index (χ1v) is 8.55. The molecule has 20 heavy (non-hydrogen) atoms. The fourth-order valence-electron chi connectivity index (χ4n) is 3.35. The molecule has 0 amide bonds. The van der Waals surface area contributed by atoms with Gasteiger partial charge in [-0.25, -0.2) is 0 Å². The largest absolute Gasteiger partial charge is 0.326 e. The van der Waals surface area contributed by atoms with Crippen LogP contribution in [0.15, 0.2) is 11.4 Å². The second-order valence-electron chi connectivity index (χ2n) is 6.51. The molecule has 1 aromatic heterocycles. The monoisotopic (exact) mass is 295 g/mol. The van der Waals surface area contributed by atoms with E-state index < -0.39 is 0 Å². The zero-order chi connectivity index (χ0) is 14.7. The SMILES string of the molecule is Cc1ccsc1C(C(C)N)N1CCC(CN(C)C)CC1. The van der Waals surface area contributed by atoms with Crippen LogP contribution in [0.5, 0.6) is 0 Å². The lowest BCUT2D eigenvalue weighted by atomic mass is 9.93. The topological polar surface area (TPSA) is 32.5 Å². The summed E-state index contributed by atoms with van der Waals surface area (Å²) in [5.74, 6) is 0.847.